The summed E-state index contributed by atoms with van der Waals surface area (Å²) >= 11 is 0. The third kappa shape index (κ3) is 2.06. The molecule has 1 aromatic carbocycles. The Morgan fingerprint density at radius 1 is 1.61 bits per heavy atom. The number of nitrogens with zero attached hydrogens (tertiary/aromatic N) is 2. The molecule has 1 atom stereocenters. The van der Waals surface area contributed by atoms with Crippen LogP contribution < -0.4 is 5.73 Å². The van der Waals surface area contributed by atoms with Crippen molar-refractivity contribution in [3.63, 3.8) is 0 Å². The zero-order chi connectivity index (χ0) is 13.3. The van der Waals surface area contributed by atoms with Crippen molar-refractivity contribution in [2.24, 2.45) is 5.73 Å². The first kappa shape index (κ1) is 12.5. The van der Waals surface area contributed by atoms with Gasteiger partial charge in [-0.1, -0.05) is 0 Å². The van der Waals surface area contributed by atoms with Crippen LogP contribution in [0.5, 0.6) is 0 Å². The lowest BCUT2D eigenvalue weighted by atomic mass is 10.1. The molecule has 0 aliphatic rings. The van der Waals surface area contributed by atoms with E-state index in [4.69, 9.17) is 5.73 Å². The van der Waals surface area contributed by atoms with Gasteiger partial charge in [-0.05, 0) is 19.1 Å². The van der Waals surface area contributed by atoms with Crippen LogP contribution in [-0.2, 0) is 0 Å². The maximum atomic E-state index is 13.4. The Morgan fingerprint density at radius 2 is 2.33 bits per heavy atom. The maximum Gasteiger partial charge on any atom is 0.256 e. The Bertz CT molecular complexity index is 580. The summed E-state index contributed by atoms with van der Waals surface area (Å²) in [6.45, 7) is 2.18. The van der Waals surface area contributed by atoms with Gasteiger partial charge in [0.05, 0.1) is 17.4 Å². The highest BCUT2D eigenvalue weighted by Gasteiger charge is 2.20. The number of hydrogen-bond donors (Lipinski definition) is 2. The number of amides is 1. The van der Waals surface area contributed by atoms with Gasteiger partial charge in [-0.2, -0.15) is 0 Å². The van der Waals surface area contributed by atoms with Gasteiger partial charge in [0.25, 0.3) is 5.91 Å². The van der Waals surface area contributed by atoms with Crippen LogP contribution in [-0.4, -0.2) is 40.4 Å². The van der Waals surface area contributed by atoms with Crippen molar-refractivity contribution in [3.8, 4) is 0 Å². The number of H-pyrrole nitrogens is 1. The molecule has 0 saturated carbocycles. The maximum absolute atomic E-state index is 13.4. The van der Waals surface area contributed by atoms with Crippen LogP contribution >= 0.6 is 0 Å². The first-order valence-corrected chi connectivity index (χ1v) is 5.64. The number of aromatic nitrogens is 2. The van der Waals surface area contributed by atoms with Gasteiger partial charge < -0.3 is 15.6 Å². The van der Waals surface area contributed by atoms with Gasteiger partial charge in [0.15, 0.2) is 0 Å². The molecule has 0 spiro atoms. The molecule has 5 nitrogen and oxygen atoms in total. The van der Waals surface area contributed by atoms with Crippen molar-refractivity contribution in [2.45, 2.75) is 13.0 Å². The molecule has 1 aromatic heterocycles. The molecule has 0 aliphatic carbocycles. The monoisotopic (exact) mass is 250 g/mol. The molecule has 0 aliphatic heterocycles. The number of likely N-dealkylation sites (N-methyl/N-ethyl adjacent to an activating group) is 1. The molecule has 0 bridgehead atoms. The highest BCUT2D eigenvalue weighted by Crippen LogP contribution is 2.19. The molecule has 0 fully saturated rings. The van der Waals surface area contributed by atoms with Crippen molar-refractivity contribution in [1.82, 2.24) is 14.9 Å². The van der Waals surface area contributed by atoms with Gasteiger partial charge in [-0.3, -0.25) is 4.79 Å². The Morgan fingerprint density at radius 3 is 3.00 bits per heavy atom. The highest BCUT2D eigenvalue weighted by molar-refractivity contribution is 6.04. The largest absolute Gasteiger partial charge is 0.344 e. The van der Waals surface area contributed by atoms with Crippen LogP contribution in [0.4, 0.5) is 4.39 Å². The van der Waals surface area contributed by atoms with E-state index in [1.165, 1.54) is 23.4 Å². The van der Waals surface area contributed by atoms with Crippen molar-refractivity contribution >= 4 is 16.9 Å². The molecule has 3 N–H and O–H groups in total. The molecule has 1 heterocycles. The Balaban J connectivity index is 2.47. The summed E-state index contributed by atoms with van der Waals surface area (Å²) in [7, 11) is 1.64. The average molecular weight is 250 g/mol. The Hall–Kier alpha value is -1.95. The summed E-state index contributed by atoms with van der Waals surface area (Å²) in [5.41, 5.74) is 6.74. The van der Waals surface area contributed by atoms with Crippen molar-refractivity contribution in [2.75, 3.05) is 13.6 Å². The molecular formula is C12H15FN4O. The molecule has 1 amide bonds. The molecule has 1 unspecified atom stereocenters. The zero-order valence-corrected chi connectivity index (χ0v) is 10.3. The number of rotatable bonds is 3. The number of benzene rings is 1. The molecule has 0 radical (unpaired) electrons. The van der Waals surface area contributed by atoms with E-state index in [0.717, 1.165) is 0 Å². The second-order valence-electron chi connectivity index (χ2n) is 4.25. The number of halogens is 1. The van der Waals surface area contributed by atoms with Crippen molar-refractivity contribution in [1.29, 1.82) is 0 Å². The molecule has 96 valence electrons. The van der Waals surface area contributed by atoms with E-state index in [0.29, 0.717) is 17.6 Å². The number of carbonyl (C=O) groups is 1. The van der Waals surface area contributed by atoms with E-state index in [9.17, 15) is 9.18 Å². The number of hydrogen-bond acceptors (Lipinski definition) is 3. The predicted octanol–water partition coefficient (Wildman–Crippen LogP) is 1.12. The van der Waals surface area contributed by atoms with E-state index in [1.54, 1.807) is 7.05 Å². The van der Waals surface area contributed by atoms with E-state index in [-0.39, 0.29) is 17.5 Å². The third-order valence-corrected chi connectivity index (χ3v) is 3.04. The number of imidazole rings is 1. The number of nitrogens with two attached hydrogens (primary N) is 1. The fourth-order valence-corrected chi connectivity index (χ4v) is 1.73. The topological polar surface area (TPSA) is 75.0 Å². The Labute approximate surface area is 104 Å². The van der Waals surface area contributed by atoms with Gasteiger partial charge in [0.1, 0.15) is 11.3 Å². The van der Waals surface area contributed by atoms with E-state index < -0.39 is 5.82 Å². The average Bonchev–Trinajstić information content (AvgIpc) is 2.82. The summed E-state index contributed by atoms with van der Waals surface area (Å²) in [6.07, 6.45) is 1.44. The third-order valence-electron chi connectivity index (χ3n) is 3.04. The predicted molar refractivity (Wildman–Crippen MR) is 66.7 cm³/mol. The minimum Gasteiger partial charge on any atom is -0.344 e. The minimum atomic E-state index is -0.469. The number of carbonyl (C=O) groups excluding carboxylic acids is 1. The number of aromatic amines is 1. The smallest absolute Gasteiger partial charge is 0.256 e. The first-order chi connectivity index (χ1) is 8.54. The molecule has 18 heavy (non-hydrogen) atoms. The summed E-state index contributed by atoms with van der Waals surface area (Å²) in [6, 6.07) is 2.39. The van der Waals surface area contributed by atoms with Crippen molar-refractivity contribution in [3.05, 3.63) is 29.8 Å². The number of fused-ring (bicyclic) bond motifs is 1. The summed E-state index contributed by atoms with van der Waals surface area (Å²) in [5.74, 6) is -0.756. The van der Waals surface area contributed by atoms with Gasteiger partial charge >= 0.3 is 0 Å². The Kier molecular flexibility index (Phi) is 3.29. The van der Waals surface area contributed by atoms with Crippen LogP contribution in [0.25, 0.3) is 11.0 Å². The molecule has 0 saturated heterocycles. The normalized spacial score (nSPS) is 12.7. The summed E-state index contributed by atoms with van der Waals surface area (Å²) in [5, 5.41) is 0. The minimum absolute atomic E-state index is 0.116. The highest BCUT2D eigenvalue weighted by atomic mass is 19.1. The first-order valence-electron chi connectivity index (χ1n) is 5.64. The second-order valence-corrected chi connectivity index (χ2v) is 4.25. The van der Waals surface area contributed by atoms with Crippen LogP contribution in [0, 0.1) is 5.82 Å². The molecular weight excluding hydrogens is 235 g/mol. The van der Waals surface area contributed by atoms with E-state index >= 15 is 0 Å². The second kappa shape index (κ2) is 4.73. The van der Waals surface area contributed by atoms with Gasteiger partial charge in [0, 0.05) is 19.6 Å². The zero-order valence-electron chi connectivity index (χ0n) is 10.3. The van der Waals surface area contributed by atoms with Crippen molar-refractivity contribution < 1.29 is 9.18 Å². The fourth-order valence-electron chi connectivity index (χ4n) is 1.73. The van der Waals surface area contributed by atoms with Crippen LogP contribution in [0.2, 0.25) is 0 Å². The van der Waals surface area contributed by atoms with E-state index in [1.807, 2.05) is 6.92 Å². The summed E-state index contributed by atoms with van der Waals surface area (Å²) < 4.78 is 13.4. The van der Waals surface area contributed by atoms with Gasteiger partial charge in [-0.25, -0.2) is 9.37 Å². The summed E-state index contributed by atoms with van der Waals surface area (Å²) in [4.78, 5) is 20.6. The fraction of sp³-hybridized carbons (Fsp3) is 0.333. The lowest BCUT2D eigenvalue weighted by molar-refractivity contribution is 0.0749. The van der Waals surface area contributed by atoms with Gasteiger partial charge in [-0.15, -0.1) is 0 Å². The van der Waals surface area contributed by atoms with Crippen LogP contribution in [0.3, 0.4) is 0 Å². The van der Waals surface area contributed by atoms with Crippen LogP contribution in [0.1, 0.15) is 17.3 Å². The standard InChI is InChI=1S/C12H15FN4O/c1-7(5-14)17(2)12(18)9-3-8(13)4-10-11(9)16-6-15-10/h3-4,6-7H,5,14H2,1-2H3,(H,15,16). The molecule has 6 heteroatoms. The molecule has 2 aromatic rings. The number of nitrogens with one attached hydrogen (secondary N) is 1. The van der Waals surface area contributed by atoms with Gasteiger partial charge in [0.2, 0.25) is 0 Å². The quantitative estimate of drug-likeness (QED) is 0.857. The SMILES string of the molecule is CC(CN)N(C)C(=O)c1cc(F)cc2[nH]cnc12. The van der Waals surface area contributed by atoms with E-state index in [2.05, 4.69) is 9.97 Å². The lowest BCUT2D eigenvalue weighted by Gasteiger charge is -2.23. The van der Waals surface area contributed by atoms with Crippen LogP contribution in [0.15, 0.2) is 18.5 Å². The lowest BCUT2D eigenvalue weighted by Crippen LogP contribution is -2.39. The molecule has 2 rings (SSSR count).